The zero-order valence-electron chi connectivity index (χ0n) is 20.0. The van der Waals surface area contributed by atoms with Crippen LogP contribution in [-0.4, -0.2) is 24.5 Å². The second kappa shape index (κ2) is 10.7. The van der Waals surface area contributed by atoms with E-state index in [1.165, 1.54) is 46.2 Å². The van der Waals surface area contributed by atoms with Gasteiger partial charge < -0.3 is 0 Å². The molecule has 0 bridgehead atoms. The van der Waals surface area contributed by atoms with Crippen LogP contribution in [0.2, 0.25) is 5.02 Å². The minimum Gasteiger partial charge on any atom is -0.267 e. The third-order valence-electron chi connectivity index (χ3n) is 6.11. The van der Waals surface area contributed by atoms with E-state index < -0.39 is 41.5 Å². The van der Waals surface area contributed by atoms with Gasteiger partial charge in [0.15, 0.2) is 18.1 Å². The number of hydrogen-bond donors (Lipinski definition) is 0. The molecule has 0 spiro atoms. The van der Waals surface area contributed by atoms with Gasteiger partial charge in [0, 0.05) is 40.7 Å². The van der Waals surface area contributed by atoms with E-state index in [2.05, 4.69) is 20.2 Å². The van der Waals surface area contributed by atoms with Crippen molar-refractivity contribution >= 4 is 11.6 Å². The molecule has 6 nitrogen and oxygen atoms in total. The first kappa shape index (κ1) is 27.3. The van der Waals surface area contributed by atoms with Gasteiger partial charge in [-0.2, -0.15) is 23.4 Å². The Hall–Kier alpha value is -4.26. The van der Waals surface area contributed by atoms with Gasteiger partial charge in [-0.05, 0) is 29.8 Å². The molecule has 0 saturated carbocycles. The Morgan fingerprint density at radius 3 is 2.38 bits per heavy atom. The van der Waals surface area contributed by atoms with Crippen LogP contribution in [0, 0.1) is 11.6 Å². The van der Waals surface area contributed by atoms with Crippen LogP contribution >= 0.6 is 11.6 Å². The first-order valence-corrected chi connectivity index (χ1v) is 11.9. The smallest absolute Gasteiger partial charge is 0.267 e. The highest BCUT2D eigenvalue weighted by molar-refractivity contribution is 6.31. The molecule has 4 aromatic heterocycles. The number of alkyl halides is 5. The predicted octanol–water partition coefficient (Wildman–Crippen LogP) is 6.80. The summed E-state index contributed by atoms with van der Waals surface area (Å²) in [5, 5.41) is 7.90. The van der Waals surface area contributed by atoms with Gasteiger partial charge in [-0.1, -0.05) is 17.7 Å². The number of aromatic nitrogens is 6. The molecular formula is C26H17ClF7N6+. The molecule has 5 aromatic rings. The molecule has 0 saturated heterocycles. The van der Waals surface area contributed by atoms with Gasteiger partial charge in [0.05, 0.1) is 30.2 Å². The summed E-state index contributed by atoms with van der Waals surface area (Å²) in [7, 11) is 0. The van der Waals surface area contributed by atoms with E-state index in [1.54, 1.807) is 0 Å². The molecule has 4 heterocycles. The lowest BCUT2D eigenvalue weighted by Crippen LogP contribution is -2.25. The minimum absolute atomic E-state index is 0.0266. The average molecular weight is 582 g/mol. The monoisotopic (exact) mass is 581 g/mol. The van der Waals surface area contributed by atoms with Crippen molar-refractivity contribution in [1.29, 1.82) is 0 Å². The maximum atomic E-state index is 14.8. The van der Waals surface area contributed by atoms with Crippen molar-refractivity contribution in [3.63, 3.8) is 0 Å². The average Bonchev–Trinajstić information content (AvgIpc) is 3.57. The number of aromatic amines is 1. The number of hydrogen-bond acceptors (Lipinski definition) is 3. The van der Waals surface area contributed by atoms with E-state index in [1.807, 2.05) is 0 Å². The van der Waals surface area contributed by atoms with E-state index in [4.69, 9.17) is 11.6 Å². The summed E-state index contributed by atoms with van der Waals surface area (Å²) in [5.74, 6) is -1.59. The Morgan fingerprint density at radius 2 is 1.73 bits per heavy atom. The molecule has 40 heavy (non-hydrogen) atoms. The highest BCUT2D eigenvalue weighted by atomic mass is 35.5. The first-order chi connectivity index (χ1) is 19.0. The molecule has 0 fully saturated rings. The van der Waals surface area contributed by atoms with Crippen molar-refractivity contribution in [2.75, 3.05) is 0 Å². The fourth-order valence-corrected chi connectivity index (χ4v) is 4.36. The molecular weight excluding hydrogens is 565 g/mol. The molecule has 0 aliphatic rings. The molecule has 5 rings (SSSR count). The quantitative estimate of drug-likeness (QED) is 0.199. The largest absolute Gasteiger partial charge is 0.433 e. The van der Waals surface area contributed by atoms with Crippen molar-refractivity contribution in [3.8, 4) is 22.3 Å². The number of H-pyrrole nitrogens is 1. The number of nitrogens with one attached hydrogen (secondary N) is 1. The molecule has 0 aliphatic heterocycles. The van der Waals surface area contributed by atoms with Crippen LogP contribution in [0.4, 0.5) is 30.7 Å². The van der Waals surface area contributed by atoms with Crippen LogP contribution in [0.3, 0.4) is 0 Å². The van der Waals surface area contributed by atoms with Crippen LogP contribution in [0.1, 0.15) is 29.4 Å². The van der Waals surface area contributed by atoms with Crippen LogP contribution in [0.5, 0.6) is 0 Å². The van der Waals surface area contributed by atoms with Crippen molar-refractivity contribution in [1.82, 2.24) is 24.5 Å². The lowest BCUT2D eigenvalue weighted by Gasteiger charge is -2.15. The number of pyridine rings is 2. The fraction of sp³-hybridized carbons (Fsp3) is 0.154. The molecule has 206 valence electrons. The highest BCUT2D eigenvalue weighted by Gasteiger charge is 2.33. The minimum atomic E-state index is -4.64. The van der Waals surface area contributed by atoms with Gasteiger partial charge >= 0.3 is 6.18 Å². The molecule has 14 heteroatoms. The predicted molar refractivity (Wildman–Crippen MR) is 129 cm³/mol. The van der Waals surface area contributed by atoms with Crippen LogP contribution in [0.15, 0.2) is 73.6 Å². The van der Waals surface area contributed by atoms with Crippen LogP contribution in [0.25, 0.3) is 22.3 Å². The number of halogens is 8. The normalized spacial score (nSPS) is 12.7. The Kier molecular flexibility index (Phi) is 7.32. The van der Waals surface area contributed by atoms with E-state index in [9.17, 15) is 30.7 Å². The second-order valence-electron chi connectivity index (χ2n) is 8.69. The molecule has 1 N–H and O–H groups in total. The standard InChI is InChI=1S/C26H16ClF7N6/c27-19-3-2-18(25(30)31)23(24(19)29)15-1-4-20(36-8-15)21(13-39-12-17(28)10-37-39)40-11-16(9-38-40)14-5-6-35-22(7-14)26(32,33)34/h1-12,21,25H,13H2/p+1/t21-/m0/s1. The summed E-state index contributed by atoms with van der Waals surface area (Å²) in [6.07, 6.45) is -0.254. The summed E-state index contributed by atoms with van der Waals surface area (Å²) in [4.78, 5) is 6.30. The molecule has 0 unspecified atom stereocenters. The summed E-state index contributed by atoms with van der Waals surface area (Å²) < 4.78 is 97.8. The lowest BCUT2D eigenvalue weighted by atomic mass is 9.99. The van der Waals surface area contributed by atoms with Crippen molar-refractivity contribution in [2.45, 2.75) is 25.2 Å². The lowest BCUT2D eigenvalue weighted by molar-refractivity contribution is -0.393. The Morgan fingerprint density at radius 1 is 0.925 bits per heavy atom. The van der Waals surface area contributed by atoms with E-state index in [-0.39, 0.29) is 28.3 Å². The number of benzene rings is 1. The Labute approximate surface area is 226 Å². The zero-order chi connectivity index (χ0) is 28.6. The summed E-state index contributed by atoms with van der Waals surface area (Å²) in [5.41, 5.74) is -0.880. The molecule has 1 atom stereocenters. The first-order valence-electron chi connectivity index (χ1n) is 11.5. The van der Waals surface area contributed by atoms with Gasteiger partial charge in [-0.15, -0.1) is 0 Å². The highest BCUT2D eigenvalue weighted by Crippen LogP contribution is 2.36. The van der Waals surface area contributed by atoms with Gasteiger partial charge in [-0.3, -0.25) is 14.3 Å². The van der Waals surface area contributed by atoms with Gasteiger partial charge in [0.2, 0.25) is 5.69 Å². The molecule has 0 radical (unpaired) electrons. The second-order valence-corrected chi connectivity index (χ2v) is 9.10. The maximum Gasteiger partial charge on any atom is 0.433 e. The third kappa shape index (κ3) is 5.55. The SMILES string of the molecule is Fc1cnn(C[C@@H](c2ccc(-c3c(C(F)F)ccc(Cl)c3F)c[nH+]2)n2cc(-c3ccnc(C(F)(F)F)c3)cn2)c1. The van der Waals surface area contributed by atoms with Crippen molar-refractivity contribution in [2.24, 2.45) is 0 Å². The van der Waals surface area contributed by atoms with Gasteiger partial charge in [-0.25, -0.2) is 22.5 Å². The van der Waals surface area contributed by atoms with E-state index >= 15 is 0 Å². The number of rotatable bonds is 7. The maximum absolute atomic E-state index is 14.8. The molecule has 0 aliphatic carbocycles. The summed E-state index contributed by atoms with van der Waals surface area (Å²) in [6, 6.07) is 6.58. The summed E-state index contributed by atoms with van der Waals surface area (Å²) in [6.45, 7) is 0.0266. The van der Waals surface area contributed by atoms with E-state index in [0.29, 0.717) is 11.3 Å². The number of nitrogens with zero attached hydrogens (tertiary/aromatic N) is 5. The molecule has 0 amide bonds. The fourth-order valence-electron chi connectivity index (χ4n) is 4.20. The Balaban J connectivity index is 1.53. The van der Waals surface area contributed by atoms with Gasteiger partial charge in [0.25, 0.3) is 6.43 Å². The van der Waals surface area contributed by atoms with Crippen molar-refractivity contribution < 1.29 is 35.7 Å². The third-order valence-corrected chi connectivity index (χ3v) is 6.40. The van der Waals surface area contributed by atoms with Crippen molar-refractivity contribution in [3.05, 3.63) is 107 Å². The van der Waals surface area contributed by atoms with Crippen LogP contribution in [-0.2, 0) is 12.7 Å². The van der Waals surface area contributed by atoms with E-state index in [0.717, 1.165) is 36.8 Å². The van der Waals surface area contributed by atoms with Crippen LogP contribution < -0.4 is 4.98 Å². The zero-order valence-corrected chi connectivity index (χ0v) is 20.8. The summed E-state index contributed by atoms with van der Waals surface area (Å²) >= 11 is 5.83. The van der Waals surface area contributed by atoms with Gasteiger partial charge in [0.1, 0.15) is 11.5 Å². The molecule has 1 aromatic carbocycles. The Bertz CT molecular complexity index is 1650. The topological polar surface area (TPSA) is 62.7 Å².